The Morgan fingerprint density at radius 1 is 0.931 bits per heavy atom. The molecule has 3 aromatic rings. The van der Waals surface area contributed by atoms with Gasteiger partial charge in [-0.1, -0.05) is 48.5 Å². The van der Waals surface area contributed by atoms with E-state index in [0.717, 1.165) is 16.0 Å². The number of imide groups is 1. The molecular weight excluding hydrogens is 380 g/mol. The van der Waals surface area contributed by atoms with E-state index in [1.165, 1.54) is 16.2 Å². The summed E-state index contributed by atoms with van der Waals surface area (Å²) in [4.78, 5) is 31.1. The fourth-order valence-electron chi connectivity index (χ4n) is 3.61. The van der Waals surface area contributed by atoms with E-state index in [1.807, 2.05) is 90.9 Å². The van der Waals surface area contributed by atoms with E-state index in [1.54, 1.807) is 0 Å². The Hall–Kier alpha value is -3.18. The minimum Gasteiger partial charge on any atom is -0.362 e. The normalized spacial score (nSPS) is 14.1. The van der Waals surface area contributed by atoms with Gasteiger partial charge in [-0.25, -0.2) is 4.90 Å². The van der Waals surface area contributed by atoms with Gasteiger partial charge in [-0.2, -0.15) is 0 Å². The van der Waals surface area contributed by atoms with Crippen LogP contribution in [0.25, 0.3) is 5.57 Å². The summed E-state index contributed by atoms with van der Waals surface area (Å²) in [6.07, 6.45) is 0. The van der Waals surface area contributed by atoms with Crippen LogP contribution in [0.2, 0.25) is 0 Å². The molecule has 2 amide bonds. The van der Waals surface area contributed by atoms with Gasteiger partial charge in [-0.3, -0.25) is 9.59 Å². The van der Waals surface area contributed by atoms with E-state index >= 15 is 0 Å². The van der Waals surface area contributed by atoms with Crippen molar-refractivity contribution in [2.75, 3.05) is 11.4 Å². The minimum atomic E-state index is -0.262. The van der Waals surface area contributed by atoms with Crippen LogP contribution in [0.15, 0.2) is 77.8 Å². The highest BCUT2D eigenvalue weighted by Crippen LogP contribution is 2.37. The first kappa shape index (κ1) is 19.2. The van der Waals surface area contributed by atoms with E-state index in [4.69, 9.17) is 0 Å². The Bertz CT molecular complexity index is 1070. The molecule has 0 N–H and O–H groups in total. The number of thiophene rings is 1. The lowest BCUT2D eigenvalue weighted by Gasteiger charge is -2.25. The van der Waals surface area contributed by atoms with Crippen molar-refractivity contribution in [2.24, 2.45) is 0 Å². The van der Waals surface area contributed by atoms with Crippen molar-refractivity contribution < 1.29 is 9.59 Å². The number of benzene rings is 2. The molecule has 0 spiro atoms. The van der Waals surface area contributed by atoms with E-state index < -0.39 is 0 Å². The number of anilines is 1. The van der Waals surface area contributed by atoms with E-state index in [0.29, 0.717) is 30.0 Å². The third-order valence-electron chi connectivity index (χ3n) is 5.00. The maximum absolute atomic E-state index is 13.5. The molecule has 1 aromatic heterocycles. The Morgan fingerprint density at radius 2 is 1.72 bits per heavy atom. The number of nitrogens with zero attached hydrogens (tertiary/aromatic N) is 2. The maximum Gasteiger partial charge on any atom is 0.282 e. The number of carbonyl (C=O) groups excluding carboxylic acids is 2. The molecule has 5 heteroatoms. The molecule has 0 fully saturated rings. The Balaban J connectivity index is 1.80. The van der Waals surface area contributed by atoms with Gasteiger partial charge >= 0.3 is 0 Å². The van der Waals surface area contributed by atoms with Crippen molar-refractivity contribution >= 4 is 34.4 Å². The SMILES string of the molecule is CCN(Cc1ccccc1)C1=C(c2cccs2)C(=O)N(c2cccc(C)c2)C1=O. The Labute approximate surface area is 174 Å². The molecule has 0 aliphatic carbocycles. The summed E-state index contributed by atoms with van der Waals surface area (Å²) < 4.78 is 0. The number of aryl methyl sites for hydroxylation is 1. The number of likely N-dealkylation sites (N-methyl/N-ethyl adjacent to an activating group) is 1. The molecule has 1 aliphatic rings. The van der Waals surface area contributed by atoms with Gasteiger partial charge in [0, 0.05) is 18.0 Å². The lowest BCUT2D eigenvalue weighted by molar-refractivity contribution is -0.120. The van der Waals surface area contributed by atoms with Crippen molar-refractivity contribution in [1.82, 2.24) is 4.90 Å². The van der Waals surface area contributed by atoms with E-state index in [9.17, 15) is 9.59 Å². The fraction of sp³-hybridized carbons (Fsp3) is 0.167. The van der Waals surface area contributed by atoms with Gasteiger partial charge in [0.05, 0.1) is 11.3 Å². The van der Waals surface area contributed by atoms with Gasteiger partial charge < -0.3 is 4.90 Å². The lowest BCUT2D eigenvalue weighted by Crippen LogP contribution is -2.35. The second-order valence-corrected chi connectivity index (χ2v) is 7.93. The van der Waals surface area contributed by atoms with Gasteiger partial charge in [-0.05, 0) is 48.6 Å². The van der Waals surface area contributed by atoms with Crippen molar-refractivity contribution in [3.8, 4) is 0 Å². The lowest BCUT2D eigenvalue weighted by atomic mass is 10.1. The first-order valence-electron chi connectivity index (χ1n) is 9.62. The Kier molecular flexibility index (Phi) is 5.32. The van der Waals surface area contributed by atoms with Crippen LogP contribution in [-0.2, 0) is 16.1 Å². The van der Waals surface area contributed by atoms with Crippen molar-refractivity contribution in [2.45, 2.75) is 20.4 Å². The molecule has 2 aromatic carbocycles. The molecule has 0 saturated carbocycles. The van der Waals surface area contributed by atoms with Crippen molar-refractivity contribution in [3.05, 3.63) is 93.8 Å². The number of carbonyl (C=O) groups is 2. The number of hydrogen-bond acceptors (Lipinski definition) is 4. The summed E-state index contributed by atoms with van der Waals surface area (Å²) in [5, 5.41) is 1.93. The monoisotopic (exact) mass is 402 g/mol. The molecular formula is C24H22N2O2S. The highest BCUT2D eigenvalue weighted by Gasteiger charge is 2.42. The molecule has 0 saturated heterocycles. The van der Waals surface area contributed by atoms with Crippen LogP contribution >= 0.6 is 11.3 Å². The minimum absolute atomic E-state index is 0.260. The summed E-state index contributed by atoms with van der Waals surface area (Å²) in [6.45, 7) is 5.16. The number of hydrogen-bond donors (Lipinski definition) is 0. The molecule has 146 valence electrons. The van der Waals surface area contributed by atoms with Crippen molar-refractivity contribution in [3.63, 3.8) is 0 Å². The van der Waals surface area contributed by atoms with Crippen LogP contribution < -0.4 is 4.90 Å². The average molecular weight is 403 g/mol. The van der Waals surface area contributed by atoms with E-state index in [-0.39, 0.29) is 11.8 Å². The van der Waals surface area contributed by atoms with Crippen LogP contribution in [-0.4, -0.2) is 23.3 Å². The predicted molar refractivity (Wildman–Crippen MR) is 117 cm³/mol. The molecule has 0 bridgehead atoms. The average Bonchev–Trinajstić information content (AvgIpc) is 3.33. The highest BCUT2D eigenvalue weighted by molar-refractivity contribution is 7.11. The highest BCUT2D eigenvalue weighted by atomic mass is 32.1. The first-order valence-corrected chi connectivity index (χ1v) is 10.5. The predicted octanol–water partition coefficient (Wildman–Crippen LogP) is 4.86. The van der Waals surface area contributed by atoms with Crippen LogP contribution in [0.5, 0.6) is 0 Å². The molecule has 0 atom stereocenters. The summed E-state index contributed by atoms with van der Waals surface area (Å²) in [6, 6.07) is 21.3. The topological polar surface area (TPSA) is 40.6 Å². The van der Waals surface area contributed by atoms with E-state index in [2.05, 4.69) is 0 Å². The van der Waals surface area contributed by atoms with Gasteiger partial charge in [0.15, 0.2) is 0 Å². The third kappa shape index (κ3) is 3.61. The van der Waals surface area contributed by atoms with Crippen LogP contribution in [0.1, 0.15) is 22.9 Å². The molecule has 4 rings (SSSR count). The summed E-state index contributed by atoms with van der Waals surface area (Å²) in [5.41, 5.74) is 3.68. The van der Waals surface area contributed by atoms with Crippen LogP contribution in [0, 0.1) is 6.92 Å². The summed E-state index contributed by atoms with van der Waals surface area (Å²) in [5.74, 6) is -0.522. The molecule has 2 heterocycles. The van der Waals surface area contributed by atoms with Gasteiger partial charge in [-0.15, -0.1) is 11.3 Å². The fourth-order valence-corrected chi connectivity index (χ4v) is 4.37. The van der Waals surface area contributed by atoms with Crippen LogP contribution in [0.4, 0.5) is 5.69 Å². The largest absolute Gasteiger partial charge is 0.362 e. The maximum atomic E-state index is 13.5. The quantitative estimate of drug-likeness (QED) is 0.553. The second-order valence-electron chi connectivity index (χ2n) is 6.99. The second kappa shape index (κ2) is 8.05. The third-order valence-corrected chi connectivity index (χ3v) is 5.89. The zero-order valence-electron chi connectivity index (χ0n) is 16.5. The molecule has 29 heavy (non-hydrogen) atoms. The smallest absolute Gasteiger partial charge is 0.282 e. The first-order chi connectivity index (χ1) is 14.1. The van der Waals surface area contributed by atoms with Crippen LogP contribution in [0.3, 0.4) is 0 Å². The summed E-state index contributed by atoms with van der Waals surface area (Å²) in [7, 11) is 0. The molecule has 4 nitrogen and oxygen atoms in total. The number of amides is 2. The zero-order chi connectivity index (χ0) is 20.4. The molecule has 0 unspecified atom stereocenters. The summed E-state index contributed by atoms with van der Waals surface area (Å²) >= 11 is 1.48. The standard InChI is InChI=1S/C24H22N2O2S/c1-3-25(16-18-10-5-4-6-11-18)22-21(20-13-8-14-29-20)23(27)26(24(22)28)19-12-7-9-17(2)15-19/h4-15H,3,16H2,1-2H3. The molecule has 1 aliphatic heterocycles. The Morgan fingerprint density at radius 3 is 2.38 bits per heavy atom. The van der Waals surface area contributed by atoms with Gasteiger partial charge in [0.25, 0.3) is 11.8 Å². The van der Waals surface area contributed by atoms with Gasteiger partial charge in [0.2, 0.25) is 0 Å². The van der Waals surface area contributed by atoms with Gasteiger partial charge in [0.1, 0.15) is 5.70 Å². The zero-order valence-corrected chi connectivity index (χ0v) is 17.3. The number of rotatable bonds is 6. The van der Waals surface area contributed by atoms with Crippen molar-refractivity contribution in [1.29, 1.82) is 0 Å². The molecule has 0 radical (unpaired) electrons.